The van der Waals surface area contributed by atoms with Gasteiger partial charge in [0.1, 0.15) is 5.39 Å². The number of aliphatic hydroxyl groups is 1. The van der Waals surface area contributed by atoms with Crippen molar-refractivity contribution in [2.75, 3.05) is 7.11 Å². The van der Waals surface area contributed by atoms with E-state index in [9.17, 15) is 24.3 Å². The summed E-state index contributed by atoms with van der Waals surface area (Å²) < 4.78 is 11.2. The number of nitrogens with zero attached hydrogens (tertiary/aromatic N) is 2. The average Bonchev–Trinajstić information content (AvgIpc) is 2.51. The van der Waals surface area contributed by atoms with E-state index in [2.05, 4.69) is 4.74 Å². The molecular weight excluding hydrogens is 296 g/mol. The molecule has 9 nitrogen and oxygen atoms in total. The van der Waals surface area contributed by atoms with E-state index in [1.807, 2.05) is 0 Å². The largest absolute Gasteiger partial charge is 0.467 e. The zero-order valence-corrected chi connectivity index (χ0v) is 12.2. The average molecular weight is 310 g/mol. The van der Waals surface area contributed by atoms with Crippen molar-refractivity contribution in [3.05, 3.63) is 42.9 Å². The first-order chi connectivity index (χ1) is 10.3. The number of hydrogen-bond donors (Lipinski definition) is 1. The fourth-order valence-electron chi connectivity index (χ4n) is 2.05. The fraction of sp³-hybridized carbons (Fsp3) is 0.385. The lowest BCUT2D eigenvalue weighted by atomic mass is 10.1. The highest BCUT2D eigenvalue weighted by Gasteiger charge is 2.20. The standard InChI is InChI=1S/C13H14N2O7/c1-14-9(17)7-4-6(5-8(16)12(19)21-3)11(18)22-10(7)15(2)13(14)20/h4,8,16H,5H2,1-3H3/t8-/m0/s1. The summed E-state index contributed by atoms with van der Waals surface area (Å²) in [6.07, 6.45) is -1.92. The summed E-state index contributed by atoms with van der Waals surface area (Å²) in [5.41, 5.74) is -2.37. The molecular formula is C13H14N2O7. The van der Waals surface area contributed by atoms with E-state index >= 15 is 0 Å². The number of carbonyl (C=O) groups excluding carboxylic acids is 1. The molecule has 0 saturated heterocycles. The third-order valence-electron chi connectivity index (χ3n) is 3.30. The molecule has 9 heteroatoms. The van der Waals surface area contributed by atoms with Gasteiger partial charge in [0.15, 0.2) is 6.10 Å². The van der Waals surface area contributed by atoms with Crippen LogP contribution in [0, 0.1) is 0 Å². The molecule has 2 rings (SSSR count). The normalized spacial score (nSPS) is 12.4. The van der Waals surface area contributed by atoms with Crippen LogP contribution in [-0.2, 0) is 30.0 Å². The van der Waals surface area contributed by atoms with E-state index in [1.54, 1.807) is 0 Å². The first-order valence-electron chi connectivity index (χ1n) is 6.26. The third-order valence-corrected chi connectivity index (χ3v) is 3.30. The first-order valence-corrected chi connectivity index (χ1v) is 6.26. The highest BCUT2D eigenvalue weighted by atomic mass is 16.5. The molecule has 0 unspecified atom stereocenters. The first kappa shape index (κ1) is 15.7. The Morgan fingerprint density at radius 3 is 2.55 bits per heavy atom. The second-order valence-corrected chi connectivity index (χ2v) is 4.73. The van der Waals surface area contributed by atoms with Gasteiger partial charge in [0, 0.05) is 26.1 Å². The molecule has 0 saturated carbocycles. The summed E-state index contributed by atoms with van der Waals surface area (Å²) >= 11 is 0. The number of esters is 1. The number of aliphatic hydroxyl groups excluding tert-OH is 1. The van der Waals surface area contributed by atoms with Gasteiger partial charge in [-0.3, -0.25) is 13.9 Å². The summed E-state index contributed by atoms with van der Waals surface area (Å²) in [5.74, 6) is -0.909. The molecule has 2 aromatic heterocycles. The zero-order valence-electron chi connectivity index (χ0n) is 12.2. The highest BCUT2D eigenvalue weighted by Crippen LogP contribution is 2.08. The van der Waals surface area contributed by atoms with Gasteiger partial charge in [0.25, 0.3) is 5.56 Å². The van der Waals surface area contributed by atoms with E-state index in [0.717, 1.165) is 16.2 Å². The number of hydrogen-bond acceptors (Lipinski definition) is 7. The Kier molecular flexibility index (Phi) is 4.00. The summed E-state index contributed by atoms with van der Waals surface area (Å²) in [6, 6.07) is 1.20. The van der Waals surface area contributed by atoms with Crippen molar-refractivity contribution in [2.45, 2.75) is 12.5 Å². The zero-order chi connectivity index (χ0) is 16.6. The molecule has 118 valence electrons. The van der Waals surface area contributed by atoms with Crippen molar-refractivity contribution in [3.8, 4) is 0 Å². The Balaban J connectivity index is 2.68. The number of ether oxygens (including phenoxy) is 1. The summed E-state index contributed by atoms with van der Waals surface area (Å²) in [4.78, 5) is 46.9. The van der Waals surface area contributed by atoms with Crippen molar-refractivity contribution in [1.82, 2.24) is 9.13 Å². The third kappa shape index (κ3) is 2.46. The maximum absolute atomic E-state index is 12.1. The monoisotopic (exact) mass is 310 g/mol. The van der Waals surface area contributed by atoms with Crippen LogP contribution in [0.5, 0.6) is 0 Å². The Morgan fingerprint density at radius 2 is 1.95 bits per heavy atom. The van der Waals surface area contributed by atoms with Crippen molar-refractivity contribution in [3.63, 3.8) is 0 Å². The molecule has 0 bridgehead atoms. The molecule has 2 aromatic rings. The van der Waals surface area contributed by atoms with Gasteiger partial charge in [-0.2, -0.15) is 0 Å². The quantitative estimate of drug-likeness (QED) is 0.668. The lowest BCUT2D eigenvalue weighted by molar-refractivity contribution is -0.150. The molecule has 0 aliphatic heterocycles. The van der Waals surface area contributed by atoms with Crippen LogP contribution in [0.1, 0.15) is 5.56 Å². The Bertz CT molecular complexity index is 919. The number of rotatable bonds is 3. The van der Waals surface area contributed by atoms with Gasteiger partial charge in [0.2, 0.25) is 5.71 Å². The number of aromatic nitrogens is 2. The summed E-state index contributed by atoms with van der Waals surface area (Å²) in [5, 5.41) is 9.59. The number of fused-ring (bicyclic) bond motifs is 1. The molecule has 1 atom stereocenters. The molecule has 0 aromatic carbocycles. The SMILES string of the molecule is COC(=O)[C@@H](O)Cc1cc2c(=O)n(C)c(=O)n(C)c2oc1=O. The van der Waals surface area contributed by atoms with E-state index < -0.39 is 28.9 Å². The number of carbonyl (C=O) groups is 1. The van der Waals surface area contributed by atoms with Gasteiger partial charge < -0.3 is 14.3 Å². The van der Waals surface area contributed by atoms with Crippen LogP contribution in [0.15, 0.2) is 24.9 Å². The molecule has 22 heavy (non-hydrogen) atoms. The highest BCUT2D eigenvalue weighted by molar-refractivity contribution is 5.75. The van der Waals surface area contributed by atoms with Crippen LogP contribution in [0.25, 0.3) is 11.1 Å². The topological polar surface area (TPSA) is 121 Å². The Hall–Kier alpha value is -2.68. The minimum absolute atomic E-state index is 0.00346. The van der Waals surface area contributed by atoms with Crippen molar-refractivity contribution >= 4 is 17.1 Å². The molecule has 2 heterocycles. The van der Waals surface area contributed by atoms with Crippen LogP contribution in [-0.4, -0.2) is 33.4 Å². The van der Waals surface area contributed by atoms with Gasteiger partial charge in [-0.05, 0) is 6.07 Å². The lowest BCUT2D eigenvalue weighted by Gasteiger charge is -2.09. The second kappa shape index (κ2) is 5.60. The van der Waals surface area contributed by atoms with Gasteiger partial charge in [-0.1, -0.05) is 0 Å². The molecule has 0 fully saturated rings. The predicted molar refractivity (Wildman–Crippen MR) is 74.7 cm³/mol. The van der Waals surface area contributed by atoms with E-state index in [0.29, 0.717) is 0 Å². The fourth-order valence-corrected chi connectivity index (χ4v) is 2.05. The Morgan fingerprint density at radius 1 is 1.32 bits per heavy atom. The van der Waals surface area contributed by atoms with Crippen molar-refractivity contribution in [1.29, 1.82) is 0 Å². The minimum Gasteiger partial charge on any atom is -0.467 e. The van der Waals surface area contributed by atoms with Crippen LogP contribution < -0.4 is 16.9 Å². The second-order valence-electron chi connectivity index (χ2n) is 4.73. The van der Waals surface area contributed by atoms with Gasteiger partial charge in [-0.25, -0.2) is 14.4 Å². The van der Waals surface area contributed by atoms with Crippen LogP contribution >= 0.6 is 0 Å². The molecule has 0 spiro atoms. The van der Waals surface area contributed by atoms with Crippen LogP contribution in [0.3, 0.4) is 0 Å². The maximum Gasteiger partial charge on any atom is 0.340 e. The Labute approximate surface area is 123 Å². The summed E-state index contributed by atoms with van der Waals surface area (Å²) in [6.45, 7) is 0. The minimum atomic E-state index is -1.55. The summed E-state index contributed by atoms with van der Waals surface area (Å²) in [7, 11) is 3.74. The number of aryl methyl sites for hydroxylation is 1. The molecule has 0 aliphatic rings. The van der Waals surface area contributed by atoms with Crippen molar-refractivity contribution < 1.29 is 19.1 Å². The molecule has 1 N–H and O–H groups in total. The van der Waals surface area contributed by atoms with E-state index in [1.165, 1.54) is 20.2 Å². The van der Waals surface area contributed by atoms with Gasteiger partial charge in [0.05, 0.1) is 7.11 Å². The maximum atomic E-state index is 12.1. The number of methoxy groups -OCH3 is 1. The van der Waals surface area contributed by atoms with E-state index in [4.69, 9.17) is 4.42 Å². The molecule has 0 amide bonds. The van der Waals surface area contributed by atoms with Crippen LogP contribution in [0.4, 0.5) is 0 Å². The molecule has 0 aliphatic carbocycles. The molecule has 0 radical (unpaired) electrons. The van der Waals surface area contributed by atoms with E-state index in [-0.39, 0.29) is 23.1 Å². The smallest absolute Gasteiger partial charge is 0.340 e. The van der Waals surface area contributed by atoms with Gasteiger partial charge in [-0.15, -0.1) is 0 Å². The lowest BCUT2D eigenvalue weighted by Crippen LogP contribution is -2.37. The predicted octanol–water partition coefficient (Wildman–Crippen LogP) is -1.73. The van der Waals surface area contributed by atoms with Gasteiger partial charge >= 0.3 is 17.3 Å². The van der Waals surface area contributed by atoms with Crippen LogP contribution in [0.2, 0.25) is 0 Å². The van der Waals surface area contributed by atoms with Crippen molar-refractivity contribution in [2.24, 2.45) is 14.1 Å².